The van der Waals surface area contributed by atoms with Crippen LogP contribution < -0.4 is 5.32 Å². The maximum Gasteiger partial charge on any atom is 0.244 e. The predicted octanol–water partition coefficient (Wildman–Crippen LogP) is 2.08. The summed E-state index contributed by atoms with van der Waals surface area (Å²) in [5.74, 6) is 1.37. The second-order valence-electron chi connectivity index (χ2n) is 5.71. The van der Waals surface area contributed by atoms with Gasteiger partial charge in [0.15, 0.2) is 0 Å². The molecule has 0 aliphatic carbocycles. The monoisotopic (exact) mass is 305 g/mol. The van der Waals surface area contributed by atoms with Gasteiger partial charge in [0.05, 0.1) is 11.6 Å². The third-order valence-electron chi connectivity index (χ3n) is 4.46. The molecule has 0 spiro atoms. The van der Waals surface area contributed by atoms with E-state index in [1.807, 2.05) is 5.38 Å². The van der Waals surface area contributed by atoms with Crippen LogP contribution in [0.4, 0.5) is 0 Å². The van der Waals surface area contributed by atoms with E-state index in [0.717, 1.165) is 37.6 Å². The molecular weight excluding hydrogens is 286 g/mol. The van der Waals surface area contributed by atoms with Crippen LogP contribution in [-0.2, 0) is 0 Å². The Morgan fingerprint density at radius 2 is 2.19 bits per heavy atom. The Kier molecular flexibility index (Phi) is 3.71. The first-order valence-corrected chi connectivity index (χ1v) is 8.55. The maximum absolute atomic E-state index is 5.54. The fourth-order valence-corrected chi connectivity index (χ4v) is 3.96. The van der Waals surface area contributed by atoms with Crippen LogP contribution in [0.25, 0.3) is 11.5 Å². The first-order chi connectivity index (χ1) is 10.4. The molecule has 2 aliphatic heterocycles. The summed E-state index contributed by atoms with van der Waals surface area (Å²) in [5, 5.41) is 9.48. The van der Waals surface area contributed by atoms with Crippen molar-refractivity contribution in [3.63, 3.8) is 0 Å². The van der Waals surface area contributed by atoms with Crippen molar-refractivity contribution in [2.45, 2.75) is 37.8 Å². The molecule has 6 nitrogen and oxygen atoms in total. The van der Waals surface area contributed by atoms with Gasteiger partial charge in [0.2, 0.25) is 11.7 Å². The lowest BCUT2D eigenvalue weighted by molar-refractivity contribution is 0.126. The first kappa shape index (κ1) is 13.4. The van der Waals surface area contributed by atoms with Crippen LogP contribution in [0.2, 0.25) is 0 Å². The van der Waals surface area contributed by atoms with Crippen molar-refractivity contribution in [1.29, 1.82) is 0 Å². The third-order valence-corrected chi connectivity index (χ3v) is 5.05. The Balaban J connectivity index is 1.54. The van der Waals surface area contributed by atoms with Gasteiger partial charge < -0.3 is 9.84 Å². The number of aromatic nitrogens is 3. The highest BCUT2D eigenvalue weighted by atomic mass is 32.1. The molecule has 0 saturated carbocycles. The lowest BCUT2D eigenvalue weighted by Gasteiger charge is -2.34. The molecule has 4 heterocycles. The highest BCUT2D eigenvalue weighted by Gasteiger charge is 2.35. The van der Waals surface area contributed by atoms with Crippen LogP contribution in [0, 0.1) is 0 Å². The second-order valence-corrected chi connectivity index (χ2v) is 6.43. The average Bonchev–Trinajstić information content (AvgIpc) is 3.27. The zero-order valence-electron chi connectivity index (χ0n) is 11.9. The summed E-state index contributed by atoms with van der Waals surface area (Å²) in [6, 6.07) is 0.932. The topological polar surface area (TPSA) is 67.1 Å². The van der Waals surface area contributed by atoms with Gasteiger partial charge in [-0.3, -0.25) is 4.90 Å². The number of hydrogen-bond acceptors (Lipinski definition) is 7. The Morgan fingerprint density at radius 1 is 1.29 bits per heavy atom. The molecule has 0 bridgehead atoms. The average molecular weight is 305 g/mol. The molecule has 0 amide bonds. The molecule has 0 radical (unpaired) electrons. The molecule has 21 heavy (non-hydrogen) atoms. The van der Waals surface area contributed by atoms with Gasteiger partial charge in [-0.1, -0.05) is 5.16 Å². The van der Waals surface area contributed by atoms with E-state index in [-0.39, 0.29) is 6.04 Å². The minimum absolute atomic E-state index is 0.285. The van der Waals surface area contributed by atoms with Gasteiger partial charge >= 0.3 is 0 Å². The van der Waals surface area contributed by atoms with E-state index in [2.05, 4.69) is 25.3 Å². The standard InChI is InChI=1S/C14H19N5OS/c1-2-12(19(7-1)10-3-5-15-6-4-10)14-17-13(18-20-14)11-8-21-9-16-11/h8-10,12,15H,1-7H2. The van der Waals surface area contributed by atoms with Gasteiger partial charge in [-0.2, -0.15) is 4.98 Å². The van der Waals surface area contributed by atoms with Crippen molar-refractivity contribution in [3.8, 4) is 11.5 Å². The van der Waals surface area contributed by atoms with Gasteiger partial charge in [0.1, 0.15) is 5.69 Å². The minimum atomic E-state index is 0.285. The molecule has 4 rings (SSSR count). The summed E-state index contributed by atoms with van der Waals surface area (Å²) in [6.45, 7) is 3.37. The van der Waals surface area contributed by atoms with Gasteiger partial charge in [0.25, 0.3) is 0 Å². The minimum Gasteiger partial charge on any atom is -0.337 e. The fourth-order valence-electron chi connectivity index (χ4n) is 3.43. The highest BCUT2D eigenvalue weighted by Crippen LogP contribution is 2.35. The van der Waals surface area contributed by atoms with Crippen LogP contribution >= 0.6 is 11.3 Å². The summed E-state index contributed by atoms with van der Waals surface area (Å²) < 4.78 is 5.54. The fraction of sp³-hybridized carbons (Fsp3) is 0.643. The van der Waals surface area contributed by atoms with Gasteiger partial charge in [-0.25, -0.2) is 4.98 Å². The van der Waals surface area contributed by atoms with Gasteiger partial charge in [-0.15, -0.1) is 11.3 Å². The Labute approximate surface area is 127 Å². The van der Waals surface area contributed by atoms with Crippen molar-refractivity contribution >= 4 is 11.3 Å². The molecule has 1 unspecified atom stereocenters. The summed E-state index contributed by atoms with van der Waals surface area (Å²) in [5.41, 5.74) is 2.60. The largest absolute Gasteiger partial charge is 0.337 e. The second kappa shape index (κ2) is 5.82. The summed E-state index contributed by atoms with van der Waals surface area (Å²) in [6.07, 6.45) is 4.75. The molecule has 1 atom stereocenters. The van der Waals surface area contributed by atoms with Crippen LogP contribution in [0.3, 0.4) is 0 Å². The zero-order chi connectivity index (χ0) is 14.1. The number of rotatable bonds is 3. The molecule has 2 aliphatic rings. The van der Waals surface area contributed by atoms with E-state index in [1.165, 1.54) is 19.3 Å². The molecule has 0 aromatic carbocycles. The van der Waals surface area contributed by atoms with Crippen LogP contribution in [-0.4, -0.2) is 45.7 Å². The number of likely N-dealkylation sites (tertiary alicyclic amines) is 1. The van der Waals surface area contributed by atoms with Crippen molar-refractivity contribution in [2.75, 3.05) is 19.6 Å². The van der Waals surface area contributed by atoms with E-state index < -0.39 is 0 Å². The molecule has 2 aromatic heterocycles. The Morgan fingerprint density at radius 3 is 3.00 bits per heavy atom. The van der Waals surface area contributed by atoms with Gasteiger partial charge in [-0.05, 0) is 45.3 Å². The maximum atomic E-state index is 5.54. The first-order valence-electron chi connectivity index (χ1n) is 7.60. The van der Waals surface area contributed by atoms with Crippen LogP contribution in [0.15, 0.2) is 15.4 Å². The predicted molar refractivity (Wildman–Crippen MR) is 80.0 cm³/mol. The number of nitrogens with zero attached hydrogens (tertiary/aromatic N) is 4. The van der Waals surface area contributed by atoms with Gasteiger partial charge in [0, 0.05) is 11.4 Å². The lowest BCUT2D eigenvalue weighted by atomic mass is 10.0. The molecule has 1 N–H and O–H groups in total. The van der Waals surface area contributed by atoms with E-state index >= 15 is 0 Å². The van der Waals surface area contributed by atoms with Crippen molar-refractivity contribution in [2.24, 2.45) is 0 Å². The highest BCUT2D eigenvalue weighted by molar-refractivity contribution is 7.07. The van der Waals surface area contributed by atoms with Crippen LogP contribution in [0.5, 0.6) is 0 Å². The van der Waals surface area contributed by atoms with E-state index in [1.54, 1.807) is 16.8 Å². The smallest absolute Gasteiger partial charge is 0.244 e. The summed E-state index contributed by atoms with van der Waals surface area (Å²) >= 11 is 1.55. The summed E-state index contributed by atoms with van der Waals surface area (Å²) in [7, 11) is 0. The molecule has 2 saturated heterocycles. The van der Waals surface area contributed by atoms with Crippen molar-refractivity contribution in [1.82, 2.24) is 25.3 Å². The number of piperidine rings is 1. The zero-order valence-corrected chi connectivity index (χ0v) is 12.7. The summed E-state index contributed by atoms with van der Waals surface area (Å²) in [4.78, 5) is 11.4. The molecule has 7 heteroatoms. The molecule has 2 aromatic rings. The third kappa shape index (κ3) is 2.61. The normalized spacial score (nSPS) is 24.7. The molecule has 2 fully saturated rings. The molecular formula is C14H19N5OS. The number of nitrogens with one attached hydrogen (secondary N) is 1. The quantitative estimate of drug-likeness (QED) is 0.936. The molecule has 112 valence electrons. The number of hydrogen-bond donors (Lipinski definition) is 1. The lowest BCUT2D eigenvalue weighted by Crippen LogP contribution is -2.42. The van der Waals surface area contributed by atoms with E-state index in [4.69, 9.17) is 4.52 Å². The van der Waals surface area contributed by atoms with Crippen molar-refractivity contribution < 1.29 is 4.52 Å². The van der Waals surface area contributed by atoms with E-state index in [9.17, 15) is 0 Å². The number of thiazole rings is 1. The van der Waals surface area contributed by atoms with Crippen molar-refractivity contribution in [3.05, 3.63) is 16.8 Å². The van der Waals surface area contributed by atoms with E-state index in [0.29, 0.717) is 11.9 Å². The Hall–Kier alpha value is -1.31. The SMILES string of the molecule is c1nc(-c2noc(C3CCCN3C3CCNCC3)n2)cs1. The van der Waals surface area contributed by atoms with Crippen LogP contribution in [0.1, 0.15) is 37.6 Å². The Bertz CT molecular complexity index is 578.